The minimum atomic E-state index is -0.889. The second-order valence-corrected chi connectivity index (χ2v) is 6.54. The topological polar surface area (TPSA) is 75.3 Å². The molecule has 4 nitrogen and oxygen atoms in total. The van der Waals surface area contributed by atoms with Crippen LogP contribution in [0.3, 0.4) is 0 Å². The lowest BCUT2D eigenvalue weighted by atomic mass is 9.92. The number of hydrogen-bond acceptors (Lipinski definition) is 3. The number of nitrogens with one attached hydrogen (secondary N) is 1. The van der Waals surface area contributed by atoms with E-state index in [4.69, 9.17) is 5.73 Å². The first-order chi connectivity index (χ1) is 9.73. The molecule has 0 saturated carbocycles. The van der Waals surface area contributed by atoms with E-state index in [1.165, 1.54) is 0 Å². The van der Waals surface area contributed by atoms with E-state index in [1.54, 1.807) is 6.92 Å². The molecule has 0 spiro atoms. The van der Waals surface area contributed by atoms with E-state index >= 15 is 0 Å². The summed E-state index contributed by atoms with van der Waals surface area (Å²) in [6.07, 6.45) is 0.645. The summed E-state index contributed by atoms with van der Waals surface area (Å²) in [6.45, 7) is 7.89. The van der Waals surface area contributed by atoms with Crippen molar-refractivity contribution in [2.24, 2.45) is 17.6 Å². The third kappa shape index (κ3) is 5.86. The standard InChI is InChI=1S/C17H28N2O2/c1-12(2)10-17(4,21)11-19-16(20)13(3)15(18)14-8-6-5-7-9-14/h5-9,12-13,15,21H,10-11,18H2,1-4H3,(H,19,20). The molecule has 0 radical (unpaired) electrons. The van der Waals surface area contributed by atoms with Gasteiger partial charge in [-0.05, 0) is 24.8 Å². The van der Waals surface area contributed by atoms with Gasteiger partial charge in [-0.15, -0.1) is 0 Å². The van der Waals surface area contributed by atoms with Crippen LogP contribution in [0.25, 0.3) is 0 Å². The molecule has 4 N–H and O–H groups in total. The highest BCUT2D eigenvalue weighted by Gasteiger charge is 2.26. The summed E-state index contributed by atoms with van der Waals surface area (Å²) < 4.78 is 0. The first kappa shape index (κ1) is 17.7. The van der Waals surface area contributed by atoms with Crippen molar-refractivity contribution < 1.29 is 9.90 Å². The minimum absolute atomic E-state index is 0.129. The highest BCUT2D eigenvalue weighted by Crippen LogP contribution is 2.20. The molecule has 0 aliphatic carbocycles. The Bertz CT molecular complexity index is 443. The molecule has 1 rings (SSSR count). The zero-order valence-electron chi connectivity index (χ0n) is 13.5. The van der Waals surface area contributed by atoms with Gasteiger partial charge in [0.05, 0.1) is 11.5 Å². The predicted molar refractivity (Wildman–Crippen MR) is 85.6 cm³/mol. The molecule has 118 valence electrons. The molecule has 0 aliphatic heterocycles. The third-order valence-corrected chi connectivity index (χ3v) is 3.63. The second kappa shape index (κ2) is 7.57. The van der Waals surface area contributed by atoms with Crippen molar-refractivity contribution in [3.63, 3.8) is 0 Å². The van der Waals surface area contributed by atoms with Gasteiger partial charge in [-0.3, -0.25) is 4.79 Å². The molecule has 0 aromatic heterocycles. The van der Waals surface area contributed by atoms with Crippen LogP contribution < -0.4 is 11.1 Å². The molecule has 1 amide bonds. The van der Waals surface area contributed by atoms with Crippen molar-refractivity contribution in [3.05, 3.63) is 35.9 Å². The summed E-state index contributed by atoms with van der Waals surface area (Å²) >= 11 is 0. The second-order valence-electron chi connectivity index (χ2n) is 6.54. The van der Waals surface area contributed by atoms with Crippen molar-refractivity contribution in [2.45, 2.75) is 45.8 Å². The Labute approximate surface area is 127 Å². The number of carbonyl (C=O) groups excluding carboxylic acids is 1. The molecular weight excluding hydrogens is 264 g/mol. The Morgan fingerprint density at radius 1 is 1.29 bits per heavy atom. The summed E-state index contributed by atoms with van der Waals surface area (Å²) in [5.41, 5.74) is 6.19. The van der Waals surface area contributed by atoms with Gasteiger partial charge in [0.2, 0.25) is 5.91 Å². The Morgan fingerprint density at radius 2 is 1.86 bits per heavy atom. The summed E-state index contributed by atoms with van der Waals surface area (Å²) in [5.74, 6) is -0.0986. The predicted octanol–water partition coefficient (Wildman–Crippen LogP) is 2.24. The third-order valence-electron chi connectivity index (χ3n) is 3.63. The van der Waals surface area contributed by atoms with E-state index in [9.17, 15) is 9.90 Å². The van der Waals surface area contributed by atoms with Crippen LogP contribution in [0.4, 0.5) is 0 Å². The lowest BCUT2D eigenvalue weighted by Crippen LogP contribution is -2.44. The van der Waals surface area contributed by atoms with Crippen LogP contribution in [-0.4, -0.2) is 23.2 Å². The molecular formula is C17H28N2O2. The van der Waals surface area contributed by atoms with Crippen LogP contribution in [0.2, 0.25) is 0 Å². The normalized spacial score (nSPS) is 17.1. The first-order valence-electron chi connectivity index (χ1n) is 7.53. The van der Waals surface area contributed by atoms with Crippen molar-refractivity contribution in [2.75, 3.05) is 6.54 Å². The molecule has 4 heteroatoms. The number of nitrogens with two attached hydrogens (primary N) is 1. The molecule has 0 aliphatic rings. The van der Waals surface area contributed by atoms with Gasteiger partial charge in [-0.1, -0.05) is 51.1 Å². The van der Waals surface area contributed by atoms with Gasteiger partial charge in [0.15, 0.2) is 0 Å². The molecule has 21 heavy (non-hydrogen) atoms. The Hall–Kier alpha value is -1.39. The smallest absolute Gasteiger partial charge is 0.224 e. The molecule has 1 aromatic rings. The monoisotopic (exact) mass is 292 g/mol. The number of benzene rings is 1. The molecule has 3 atom stereocenters. The van der Waals surface area contributed by atoms with E-state index in [0.717, 1.165) is 5.56 Å². The van der Waals surface area contributed by atoms with Crippen LogP contribution in [0, 0.1) is 11.8 Å². The SMILES string of the molecule is CC(C)CC(C)(O)CNC(=O)C(C)C(N)c1ccccc1. The summed E-state index contributed by atoms with van der Waals surface area (Å²) in [5, 5.41) is 13.0. The maximum atomic E-state index is 12.2. The van der Waals surface area contributed by atoms with Gasteiger partial charge in [-0.25, -0.2) is 0 Å². The van der Waals surface area contributed by atoms with Gasteiger partial charge in [0.25, 0.3) is 0 Å². The molecule has 0 saturated heterocycles. The maximum absolute atomic E-state index is 12.2. The Morgan fingerprint density at radius 3 is 2.38 bits per heavy atom. The highest BCUT2D eigenvalue weighted by atomic mass is 16.3. The van der Waals surface area contributed by atoms with E-state index < -0.39 is 5.60 Å². The number of rotatable bonds is 7. The number of hydrogen-bond donors (Lipinski definition) is 3. The van der Waals surface area contributed by atoms with E-state index in [1.807, 2.05) is 51.1 Å². The van der Waals surface area contributed by atoms with Gasteiger partial charge >= 0.3 is 0 Å². The first-order valence-corrected chi connectivity index (χ1v) is 7.53. The van der Waals surface area contributed by atoms with Crippen molar-refractivity contribution in [3.8, 4) is 0 Å². The largest absolute Gasteiger partial charge is 0.388 e. The summed E-state index contributed by atoms with van der Waals surface area (Å²) in [7, 11) is 0. The van der Waals surface area contributed by atoms with Gasteiger partial charge in [-0.2, -0.15) is 0 Å². The quantitative estimate of drug-likeness (QED) is 0.721. The number of aliphatic hydroxyl groups is 1. The van der Waals surface area contributed by atoms with Crippen LogP contribution in [0.15, 0.2) is 30.3 Å². The fourth-order valence-corrected chi connectivity index (χ4v) is 2.52. The van der Waals surface area contributed by atoms with E-state index in [0.29, 0.717) is 12.3 Å². The summed E-state index contributed by atoms with van der Waals surface area (Å²) in [4.78, 5) is 12.2. The zero-order chi connectivity index (χ0) is 16.0. The average molecular weight is 292 g/mol. The fourth-order valence-electron chi connectivity index (χ4n) is 2.52. The van der Waals surface area contributed by atoms with Gasteiger partial charge < -0.3 is 16.2 Å². The van der Waals surface area contributed by atoms with Crippen LogP contribution in [0.5, 0.6) is 0 Å². The Balaban J connectivity index is 2.55. The van der Waals surface area contributed by atoms with E-state index in [-0.39, 0.29) is 24.4 Å². The van der Waals surface area contributed by atoms with Gasteiger partial charge in [0, 0.05) is 12.6 Å². The lowest BCUT2D eigenvalue weighted by Gasteiger charge is -2.27. The lowest BCUT2D eigenvalue weighted by molar-refractivity contribution is -0.126. The molecule has 0 fully saturated rings. The average Bonchev–Trinajstić information content (AvgIpc) is 2.43. The highest BCUT2D eigenvalue weighted by molar-refractivity contribution is 5.79. The molecule has 0 bridgehead atoms. The van der Waals surface area contributed by atoms with Crippen molar-refractivity contribution in [1.29, 1.82) is 0 Å². The van der Waals surface area contributed by atoms with E-state index in [2.05, 4.69) is 5.32 Å². The maximum Gasteiger partial charge on any atom is 0.224 e. The number of amides is 1. The molecule has 0 heterocycles. The summed E-state index contributed by atoms with van der Waals surface area (Å²) in [6, 6.07) is 9.23. The van der Waals surface area contributed by atoms with Crippen LogP contribution in [-0.2, 0) is 4.79 Å². The fraction of sp³-hybridized carbons (Fsp3) is 0.588. The van der Waals surface area contributed by atoms with Gasteiger partial charge in [0.1, 0.15) is 0 Å². The van der Waals surface area contributed by atoms with Crippen molar-refractivity contribution in [1.82, 2.24) is 5.32 Å². The molecule has 1 aromatic carbocycles. The Kier molecular flexibility index (Phi) is 6.37. The molecule has 3 unspecified atom stereocenters. The van der Waals surface area contributed by atoms with Crippen molar-refractivity contribution >= 4 is 5.91 Å². The van der Waals surface area contributed by atoms with Crippen LogP contribution in [0.1, 0.15) is 45.7 Å². The van der Waals surface area contributed by atoms with Crippen LogP contribution >= 0.6 is 0 Å². The zero-order valence-corrected chi connectivity index (χ0v) is 13.5. The number of carbonyl (C=O) groups is 1. The minimum Gasteiger partial charge on any atom is -0.388 e.